The lowest BCUT2D eigenvalue weighted by atomic mass is 10.1. The van der Waals surface area contributed by atoms with E-state index in [9.17, 15) is 14.4 Å². The molecule has 5 nitrogen and oxygen atoms in total. The van der Waals surface area contributed by atoms with Gasteiger partial charge in [0.15, 0.2) is 12.4 Å². The highest BCUT2D eigenvalue weighted by Gasteiger charge is 2.12. The highest BCUT2D eigenvalue weighted by atomic mass is 35.5. The van der Waals surface area contributed by atoms with E-state index in [1.54, 1.807) is 42.5 Å². The summed E-state index contributed by atoms with van der Waals surface area (Å²) in [5.74, 6) is -1.18. The minimum atomic E-state index is -0.591. The number of carbonyl (C=O) groups excluding carboxylic acids is 3. The average Bonchev–Trinajstić information content (AvgIpc) is 2.61. The Balaban J connectivity index is 1.74. The molecule has 0 aliphatic heterocycles. The number of ketones is 1. The molecule has 6 heteroatoms. The van der Waals surface area contributed by atoms with Crippen LogP contribution in [-0.4, -0.2) is 24.3 Å². The van der Waals surface area contributed by atoms with Gasteiger partial charge in [0.25, 0.3) is 5.91 Å². The summed E-state index contributed by atoms with van der Waals surface area (Å²) in [7, 11) is 0. The number of carbonyl (C=O) groups is 3. The Morgan fingerprint density at radius 2 is 1.76 bits per heavy atom. The Hall–Kier alpha value is -2.66. The van der Waals surface area contributed by atoms with Crippen molar-refractivity contribution in [2.75, 3.05) is 11.9 Å². The van der Waals surface area contributed by atoms with E-state index in [0.717, 1.165) is 5.56 Å². The van der Waals surface area contributed by atoms with E-state index < -0.39 is 18.5 Å². The lowest BCUT2D eigenvalue weighted by Gasteiger charge is -2.09. The van der Waals surface area contributed by atoms with Gasteiger partial charge in [-0.15, -0.1) is 0 Å². The molecule has 0 heterocycles. The van der Waals surface area contributed by atoms with Crippen molar-refractivity contribution in [1.82, 2.24) is 0 Å². The number of rotatable bonds is 7. The summed E-state index contributed by atoms with van der Waals surface area (Å²) in [5.41, 5.74) is 1.96. The first-order valence-electron chi connectivity index (χ1n) is 7.75. The van der Waals surface area contributed by atoms with Gasteiger partial charge in [0, 0.05) is 22.7 Å². The molecule has 0 unspecified atom stereocenters. The van der Waals surface area contributed by atoms with Crippen molar-refractivity contribution in [2.24, 2.45) is 0 Å². The average molecular weight is 360 g/mol. The van der Waals surface area contributed by atoms with Gasteiger partial charge in [-0.25, -0.2) is 0 Å². The van der Waals surface area contributed by atoms with Gasteiger partial charge in [0.1, 0.15) is 0 Å². The number of hydrogen-bond acceptors (Lipinski definition) is 4. The van der Waals surface area contributed by atoms with Crippen LogP contribution in [0, 0.1) is 6.92 Å². The molecular formula is C19H18ClNO4. The molecule has 2 aromatic rings. The van der Waals surface area contributed by atoms with Gasteiger partial charge < -0.3 is 10.1 Å². The largest absolute Gasteiger partial charge is 0.456 e. The van der Waals surface area contributed by atoms with Crippen LogP contribution in [0.15, 0.2) is 48.5 Å². The maximum absolute atomic E-state index is 11.9. The first kappa shape index (κ1) is 18.7. The summed E-state index contributed by atoms with van der Waals surface area (Å²) in [6, 6.07) is 13.8. The molecule has 130 valence electrons. The van der Waals surface area contributed by atoms with Crippen molar-refractivity contribution in [1.29, 1.82) is 0 Å². The summed E-state index contributed by atoms with van der Waals surface area (Å²) in [4.78, 5) is 35.4. The second-order valence-corrected chi connectivity index (χ2v) is 5.89. The highest BCUT2D eigenvalue weighted by molar-refractivity contribution is 6.30. The third-order valence-corrected chi connectivity index (χ3v) is 3.71. The van der Waals surface area contributed by atoms with Gasteiger partial charge in [-0.2, -0.15) is 0 Å². The smallest absolute Gasteiger partial charge is 0.306 e. The molecule has 0 aliphatic carbocycles. The van der Waals surface area contributed by atoms with Gasteiger partial charge in [-0.1, -0.05) is 41.9 Å². The van der Waals surface area contributed by atoms with Crippen molar-refractivity contribution < 1.29 is 19.1 Å². The van der Waals surface area contributed by atoms with E-state index in [2.05, 4.69) is 5.32 Å². The highest BCUT2D eigenvalue weighted by Crippen LogP contribution is 2.19. The molecule has 0 aromatic heterocycles. The van der Waals surface area contributed by atoms with Crippen LogP contribution in [0.4, 0.5) is 5.69 Å². The van der Waals surface area contributed by atoms with Crippen LogP contribution < -0.4 is 5.32 Å². The molecule has 0 spiro atoms. The number of hydrogen-bond donors (Lipinski definition) is 1. The SMILES string of the molecule is Cc1cc(Cl)ccc1NC(=O)COC(=O)CCC(=O)c1ccccc1. The molecule has 0 saturated carbocycles. The molecule has 0 aliphatic rings. The predicted octanol–water partition coefficient (Wildman–Crippen LogP) is 3.79. The molecule has 2 rings (SSSR count). The lowest BCUT2D eigenvalue weighted by molar-refractivity contribution is -0.147. The summed E-state index contributed by atoms with van der Waals surface area (Å²) < 4.78 is 4.90. The van der Waals surface area contributed by atoms with E-state index >= 15 is 0 Å². The third kappa shape index (κ3) is 6.04. The molecule has 25 heavy (non-hydrogen) atoms. The Bertz CT molecular complexity index is 774. The summed E-state index contributed by atoms with van der Waals surface area (Å²) in [6.45, 7) is 1.41. The number of benzene rings is 2. The Morgan fingerprint density at radius 1 is 1.04 bits per heavy atom. The van der Waals surface area contributed by atoms with Gasteiger partial charge in [-0.3, -0.25) is 14.4 Å². The van der Waals surface area contributed by atoms with Crippen LogP contribution in [0.3, 0.4) is 0 Å². The zero-order valence-electron chi connectivity index (χ0n) is 13.8. The first-order valence-corrected chi connectivity index (χ1v) is 8.13. The fraction of sp³-hybridized carbons (Fsp3) is 0.211. The summed E-state index contributed by atoms with van der Waals surface area (Å²) in [6.07, 6.45) is -0.0261. The third-order valence-electron chi connectivity index (χ3n) is 3.48. The molecule has 0 bridgehead atoms. The zero-order valence-corrected chi connectivity index (χ0v) is 14.5. The van der Waals surface area contributed by atoms with Crippen molar-refractivity contribution in [3.63, 3.8) is 0 Å². The number of esters is 1. The van der Waals surface area contributed by atoms with Crippen molar-refractivity contribution in [3.05, 3.63) is 64.7 Å². The van der Waals surface area contributed by atoms with Crippen LogP contribution >= 0.6 is 11.6 Å². The monoisotopic (exact) mass is 359 g/mol. The van der Waals surface area contributed by atoms with Crippen molar-refractivity contribution in [3.8, 4) is 0 Å². The molecule has 0 radical (unpaired) electrons. The van der Waals surface area contributed by atoms with E-state index in [1.165, 1.54) is 0 Å². The summed E-state index contributed by atoms with van der Waals surface area (Å²) in [5, 5.41) is 3.22. The minimum absolute atomic E-state index is 0.0424. The Morgan fingerprint density at radius 3 is 2.44 bits per heavy atom. The minimum Gasteiger partial charge on any atom is -0.456 e. The lowest BCUT2D eigenvalue weighted by Crippen LogP contribution is -2.21. The van der Waals surface area contributed by atoms with Gasteiger partial charge in [-0.05, 0) is 30.7 Å². The number of ether oxygens (including phenoxy) is 1. The van der Waals surface area contributed by atoms with Crippen LogP contribution in [-0.2, 0) is 14.3 Å². The second kappa shape index (κ2) is 8.99. The molecule has 2 aromatic carbocycles. The van der Waals surface area contributed by atoms with E-state index in [0.29, 0.717) is 16.3 Å². The molecule has 0 fully saturated rings. The van der Waals surface area contributed by atoms with Crippen LogP contribution in [0.1, 0.15) is 28.8 Å². The maximum atomic E-state index is 11.9. The number of amides is 1. The zero-order chi connectivity index (χ0) is 18.2. The fourth-order valence-electron chi connectivity index (χ4n) is 2.16. The Kier molecular flexibility index (Phi) is 6.71. The maximum Gasteiger partial charge on any atom is 0.306 e. The normalized spacial score (nSPS) is 10.2. The van der Waals surface area contributed by atoms with Gasteiger partial charge >= 0.3 is 5.97 Å². The number of aryl methyl sites for hydroxylation is 1. The number of Topliss-reactive ketones (excluding diaryl/α,β-unsaturated/α-hetero) is 1. The van der Waals surface area contributed by atoms with Gasteiger partial charge in [0.05, 0.1) is 6.42 Å². The van der Waals surface area contributed by atoms with Crippen LogP contribution in [0.2, 0.25) is 5.02 Å². The first-order chi connectivity index (χ1) is 12.0. The van der Waals surface area contributed by atoms with Crippen LogP contribution in [0.5, 0.6) is 0 Å². The fourth-order valence-corrected chi connectivity index (χ4v) is 2.38. The standard InChI is InChI=1S/C19H18ClNO4/c1-13-11-15(20)7-8-16(13)21-18(23)12-25-19(24)10-9-17(22)14-5-3-2-4-6-14/h2-8,11H,9-10,12H2,1H3,(H,21,23). The summed E-state index contributed by atoms with van der Waals surface area (Å²) >= 11 is 5.85. The van der Waals surface area contributed by atoms with Crippen molar-refractivity contribution in [2.45, 2.75) is 19.8 Å². The van der Waals surface area contributed by atoms with Gasteiger partial charge in [0.2, 0.25) is 0 Å². The predicted molar refractivity (Wildman–Crippen MR) is 95.8 cm³/mol. The quantitative estimate of drug-likeness (QED) is 0.603. The molecule has 1 amide bonds. The topological polar surface area (TPSA) is 72.5 Å². The molecule has 0 atom stereocenters. The molecular weight excluding hydrogens is 342 g/mol. The molecule has 1 N–H and O–H groups in total. The number of anilines is 1. The van der Waals surface area contributed by atoms with E-state index in [-0.39, 0.29) is 18.6 Å². The molecule has 0 saturated heterocycles. The van der Waals surface area contributed by atoms with Crippen molar-refractivity contribution >= 4 is 34.9 Å². The number of halogens is 1. The number of nitrogens with one attached hydrogen (secondary N) is 1. The van der Waals surface area contributed by atoms with E-state index in [1.807, 2.05) is 13.0 Å². The van der Waals surface area contributed by atoms with Crippen LogP contribution in [0.25, 0.3) is 0 Å². The van der Waals surface area contributed by atoms with E-state index in [4.69, 9.17) is 16.3 Å². The Labute approximate surface area is 150 Å². The second-order valence-electron chi connectivity index (χ2n) is 5.46.